The minimum atomic E-state index is 1.09. The quantitative estimate of drug-likeness (QED) is 0.145. The molecular formula is C64H42N2. The molecule has 0 radical (unpaired) electrons. The third kappa shape index (κ3) is 6.34. The van der Waals surface area contributed by atoms with Crippen molar-refractivity contribution in [3.05, 3.63) is 255 Å². The minimum absolute atomic E-state index is 1.09. The van der Waals surface area contributed by atoms with Gasteiger partial charge < -0.3 is 9.47 Å². The summed E-state index contributed by atoms with van der Waals surface area (Å²) in [6.45, 7) is 0. The predicted octanol–water partition coefficient (Wildman–Crippen LogP) is 17.9. The van der Waals surface area contributed by atoms with E-state index >= 15 is 0 Å². The summed E-state index contributed by atoms with van der Waals surface area (Å²) in [7, 11) is 0. The van der Waals surface area contributed by atoms with E-state index in [-0.39, 0.29) is 0 Å². The molecule has 0 saturated heterocycles. The highest BCUT2D eigenvalue weighted by molar-refractivity contribution is 6.18. The SMILES string of the molecule is c1ccc(-c2ccc(N(c3ccc(-c4ccc5ccc6c7ccccc7ccc6c5c4)cc3)c3ccccc3-c3ccc(-n4c5ccccc5c5cc6ccccc6cc54)cc3)cc2)cc1. The van der Waals surface area contributed by atoms with Gasteiger partial charge in [0.1, 0.15) is 0 Å². The van der Waals surface area contributed by atoms with E-state index in [1.54, 1.807) is 0 Å². The number of benzene rings is 12. The number of anilines is 3. The smallest absolute Gasteiger partial charge is 0.0547 e. The molecule has 0 atom stereocenters. The standard InChI is InChI=1S/C64H42N2/c1-2-12-43(13-3-1)44-24-32-52(33-25-44)65(53-34-26-45(27-35-53)51-23-22-48-31-38-57-55-17-7-6-14-46(55)30-39-58(57)60(48)40-51)62-20-10-8-18-56(62)47-28-36-54(37-29-47)66-63-21-11-9-19-59(63)61-41-49-15-4-5-16-50(49)42-64(61)66/h1-42H. The summed E-state index contributed by atoms with van der Waals surface area (Å²) >= 11 is 0. The van der Waals surface area contributed by atoms with Gasteiger partial charge >= 0.3 is 0 Å². The van der Waals surface area contributed by atoms with E-state index < -0.39 is 0 Å². The molecule has 1 aromatic heterocycles. The fourth-order valence-electron chi connectivity index (χ4n) is 10.3. The van der Waals surface area contributed by atoms with Crippen LogP contribution < -0.4 is 4.90 Å². The topological polar surface area (TPSA) is 8.17 Å². The largest absolute Gasteiger partial charge is 0.310 e. The van der Waals surface area contributed by atoms with Crippen molar-refractivity contribution in [1.82, 2.24) is 4.57 Å². The lowest BCUT2D eigenvalue weighted by atomic mass is 9.94. The first-order chi connectivity index (χ1) is 32.7. The van der Waals surface area contributed by atoms with E-state index in [9.17, 15) is 0 Å². The van der Waals surface area contributed by atoms with E-state index in [1.807, 2.05) is 0 Å². The normalized spacial score (nSPS) is 11.6. The Morgan fingerprint density at radius 3 is 1.52 bits per heavy atom. The van der Waals surface area contributed by atoms with Crippen LogP contribution in [-0.4, -0.2) is 4.57 Å². The van der Waals surface area contributed by atoms with Crippen molar-refractivity contribution in [2.24, 2.45) is 0 Å². The molecule has 2 nitrogen and oxygen atoms in total. The first-order valence-corrected chi connectivity index (χ1v) is 22.7. The van der Waals surface area contributed by atoms with E-state index in [2.05, 4.69) is 264 Å². The molecular weight excluding hydrogens is 797 g/mol. The number of rotatable bonds is 7. The number of hydrogen-bond acceptors (Lipinski definition) is 1. The van der Waals surface area contributed by atoms with E-state index in [0.29, 0.717) is 0 Å². The van der Waals surface area contributed by atoms with Crippen molar-refractivity contribution >= 4 is 82.0 Å². The molecule has 0 aliphatic carbocycles. The second-order valence-electron chi connectivity index (χ2n) is 17.3. The van der Waals surface area contributed by atoms with Gasteiger partial charge in [0.05, 0.1) is 16.7 Å². The Morgan fingerprint density at radius 2 is 0.773 bits per heavy atom. The van der Waals surface area contributed by atoms with Crippen molar-refractivity contribution in [3.8, 4) is 39.1 Å². The number of hydrogen-bond donors (Lipinski definition) is 0. The summed E-state index contributed by atoms with van der Waals surface area (Å²) in [5.41, 5.74) is 13.9. The first-order valence-electron chi connectivity index (χ1n) is 22.7. The minimum Gasteiger partial charge on any atom is -0.310 e. The van der Waals surface area contributed by atoms with Gasteiger partial charge in [-0.25, -0.2) is 0 Å². The van der Waals surface area contributed by atoms with Gasteiger partial charge in [0.25, 0.3) is 0 Å². The summed E-state index contributed by atoms with van der Waals surface area (Å²) < 4.78 is 2.41. The van der Waals surface area contributed by atoms with Crippen LogP contribution in [0.15, 0.2) is 255 Å². The molecule has 0 unspecified atom stereocenters. The molecule has 0 fully saturated rings. The zero-order chi connectivity index (χ0) is 43.6. The lowest BCUT2D eigenvalue weighted by molar-refractivity contribution is 1.18. The predicted molar refractivity (Wildman–Crippen MR) is 282 cm³/mol. The molecule has 13 aromatic rings. The van der Waals surface area contributed by atoms with Crippen LogP contribution in [0, 0.1) is 0 Å². The van der Waals surface area contributed by atoms with Gasteiger partial charge in [-0.1, -0.05) is 188 Å². The molecule has 0 bridgehead atoms. The molecule has 13 rings (SSSR count). The molecule has 0 aliphatic heterocycles. The molecule has 0 aliphatic rings. The van der Waals surface area contributed by atoms with Crippen LogP contribution in [0.3, 0.4) is 0 Å². The van der Waals surface area contributed by atoms with Crippen molar-refractivity contribution in [2.75, 3.05) is 4.90 Å². The summed E-state index contributed by atoms with van der Waals surface area (Å²) in [4.78, 5) is 2.40. The molecule has 0 spiro atoms. The Bertz CT molecular complexity index is 3960. The molecule has 0 saturated carbocycles. The summed E-state index contributed by atoms with van der Waals surface area (Å²) in [5, 5.41) is 12.7. The summed E-state index contributed by atoms with van der Waals surface area (Å²) in [5.74, 6) is 0. The average Bonchev–Trinajstić information content (AvgIpc) is 3.71. The number of aromatic nitrogens is 1. The molecule has 66 heavy (non-hydrogen) atoms. The maximum atomic E-state index is 2.41. The third-order valence-corrected chi connectivity index (χ3v) is 13.6. The molecule has 0 amide bonds. The molecule has 2 heteroatoms. The Balaban J connectivity index is 0.910. The lowest BCUT2D eigenvalue weighted by Gasteiger charge is -2.28. The van der Waals surface area contributed by atoms with Crippen molar-refractivity contribution in [2.45, 2.75) is 0 Å². The van der Waals surface area contributed by atoms with E-state index in [4.69, 9.17) is 0 Å². The Kier molecular flexibility index (Phi) is 8.89. The van der Waals surface area contributed by atoms with Crippen LogP contribution in [0.5, 0.6) is 0 Å². The van der Waals surface area contributed by atoms with E-state index in [1.165, 1.54) is 87.1 Å². The number of para-hydroxylation sites is 2. The molecule has 0 N–H and O–H groups in total. The number of nitrogens with zero attached hydrogens (tertiary/aromatic N) is 2. The average molecular weight is 839 g/mol. The van der Waals surface area contributed by atoms with Crippen LogP contribution in [-0.2, 0) is 0 Å². The third-order valence-electron chi connectivity index (χ3n) is 13.6. The van der Waals surface area contributed by atoms with E-state index in [0.717, 1.165) is 33.9 Å². The van der Waals surface area contributed by atoms with Gasteiger partial charge in [0.2, 0.25) is 0 Å². The molecule has 308 valence electrons. The maximum absolute atomic E-state index is 2.41. The van der Waals surface area contributed by atoms with Crippen LogP contribution in [0.4, 0.5) is 17.1 Å². The van der Waals surface area contributed by atoms with Crippen LogP contribution in [0.1, 0.15) is 0 Å². The Labute approximate surface area is 383 Å². The number of fused-ring (bicyclic) bond motifs is 9. The summed E-state index contributed by atoms with van der Waals surface area (Å²) in [6, 6.07) is 93.3. The fraction of sp³-hybridized carbons (Fsp3) is 0. The van der Waals surface area contributed by atoms with Crippen molar-refractivity contribution < 1.29 is 0 Å². The van der Waals surface area contributed by atoms with Gasteiger partial charge in [-0.3, -0.25) is 0 Å². The lowest BCUT2D eigenvalue weighted by Crippen LogP contribution is -2.11. The van der Waals surface area contributed by atoms with Gasteiger partial charge in [0.15, 0.2) is 0 Å². The van der Waals surface area contributed by atoms with Gasteiger partial charge in [0, 0.05) is 33.4 Å². The Morgan fingerprint density at radius 1 is 0.258 bits per heavy atom. The highest BCUT2D eigenvalue weighted by Gasteiger charge is 2.19. The Hall–Kier alpha value is -8.72. The van der Waals surface area contributed by atoms with Gasteiger partial charge in [-0.15, -0.1) is 0 Å². The van der Waals surface area contributed by atoms with Crippen molar-refractivity contribution in [1.29, 1.82) is 0 Å². The maximum Gasteiger partial charge on any atom is 0.0547 e. The van der Waals surface area contributed by atoms with Crippen LogP contribution >= 0.6 is 0 Å². The molecule has 1 heterocycles. The monoisotopic (exact) mass is 838 g/mol. The van der Waals surface area contributed by atoms with Gasteiger partial charge in [-0.05, 0) is 138 Å². The second kappa shape index (κ2) is 15.5. The summed E-state index contributed by atoms with van der Waals surface area (Å²) in [6.07, 6.45) is 0. The van der Waals surface area contributed by atoms with Crippen LogP contribution in [0.2, 0.25) is 0 Å². The zero-order valence-electron chi connectivity index (χ0n) is 36.1. The highest BCUT2D eigenvalue weighted by atomic mass is 15.1. The zero-order valence-corrected chi connectivity index (χ0v) is 36.1. The van der Waals surface area contributed by atoms with Gasteiger partial charge in [-0.2, -0.15) is 0 Å². The molecule has 12 aromatic carbocycles. The van der Waals surface area contributed by atoms with Crippen LogP contribution in [0.25, 0.3) is 104 Å². The van der Waals surface area contributed by atoms with Crippen molar-refractivity contribution in [3.63, 3.8) is 0 Å². The first kappa shape index (κ1) is 37.8. The second-order valence-corrected chi connectivity index (χ2v) is 17.3. The highest BCUT2D eigenvalue weighted by Crippen LogP contribution is 2.43. The fourth-order valence-corrected chi connectivity index (χ4v) is 10.3.